The Labute approximate surface area is 115 Å². The lowest BCUT2D eigenvalue weighted by atomic mass is 10.0. The lowest BCUT2D eigenvalue weighted by Gasteiger charge is -2.22. The van der Waals surface area contributed by atoms with Gasteiger partial charge in [-0.3, -0.25) is 4.79 Å². The summed E-state index contributed by atoms with van der Waals surface area (Å²) in [5, 5.41) is 12.7. The number of amides is 1. The molecule has 2 N–H and O–H groups in total. The number of hydrogen-bond acceptors (Lipinski definition) is 3. The van der Waals surface area contributed by atoms with Crippen LogP contribution in [-0.4, -0.2) is 29.8 Å². The van der Waals surface area contributed by atoms with Gasteiger partial charge in [-0.1, -0.05) is 6.07 Å². The van der Waals surface area contributed by atoms with Gasteiger partial charge >= 0.3 is 0 Å². The van der Waals surface area contributed by atoms with Crippen LogP contribution < -0.4 is 5.32 Å². The maximum atomic E-state index is 13.1. The summed E-state index contributed by atoms with van der Waals surface area (Å²) in [5.74, 6) is -2.30. The van der Waals surface area contributed by atoms with E-state index in [1.807, 2.05) is 0 Å². The lowest BCUT2D eigenvalue weighted by Crippen LogP contribution is -2.42. The standard InChI is InChI=1S/C14H17F2NO3/c1-8(17-14(19)12-3-2-6-20-12)13(18)9-4-5-10(15)11(16)7-9/h4-5,7-8,12-13,18H,2-3,6H2,1H3,(H,17,19). The monoisotopic (exact) mass is 285 g/mol. The van der Waals surface area contributed by atoms with Crippen LogP contribution in [0, 0.1) is 11.6 Å². The molecule has 1 aromatic rings. The molecule has 110 valence electrons. The Morgan fingerprint density at radius 1 is 1.45 bits per heavy atom. The smallest absolute Gasteiger partial charge is 0.249 e. The highest BCUT2D eigenvalue weighted by Gasteiger charge is 2.27. The first kappa shape index (κ1) is 14.9. The molecular weight excluding hydrogens is 268 g/mol. The minimum atomic E-state index is -1.12. The Bertz CT molecular complexity index is 489. The number of carbonyl (C=O) groups excluding carboxylic acids is 1. The molecule has 0 spiro atoms. The van der Waals surface area contributed by atoms with Crippen molar-refractivity contribution in [2.45, 2.75) is 38.0 Å². The molecule has 1 fully saturated rings. The number of benzene rings is 1. The highest BCUT2D eigenvalue weighted by molar-refractivity contribution is 5.81. The first-order valence-electron chi connectivity index (χ1n) is 6.54. The van der Waals surface area contributed by atoms with Crippen molar-refractivity contribution in [2.75, 3.05) is 6.61 Å². The summed E-state index contributed by atoms with van der Waals surface area (Å²) >= 11 is 0. The summed E-state index contributed by atoms with van der Waals surface area (Å²) in [7, 11) is 0. The van der Waals surface area contributed by atoms with Crippen molar-refractivity contribution >= 4 is 5.91 Å². The van der Waals surface area contributed by atoms with E-state index >= 15 is 0 Å². The topological polar surface area (TPSA) is 58.6 Å². The van der Waals surface area contributed by atoms with Crippen molar-refractivity contribution in [1.29, 1.82) is 0 Å². The Kier molecular flexibility index (Phi) is 4.67. The normalized spacial score (nSPS) is 21.5. The number of rotatable bonds is 4. The van der Waals surface area contributed by atoms with Crippen molar-refractivity contribution in [3.05, 3.63) is 35.4 Å². The van der Waals surface area contributed by atoms with E-state index in [9.17, 15) is 18.7 Å². The van der Waals surface area contributed by atoms with Crippen LogP contribution in [0.4, 0.5) is 8.78 Å². The Hall–Kier alpha value is -1.53. The SMILES string of the molecule is CC(NC(=O)C1CCCO1)C(O)c1ccc(F)c(F)c1. The van der Waals surface area contributed by atoms with Crippen LogP contribution in [0.15, 0.2) is 18.2 Å². The largest absolute Gasteiger partial charge is 0.386 e. The number of aliphatic hydroxyl groups is 1. The van der Waals surface area contributed by atoms with Crippen molar-refractivity contribution in [3.8, 4) is 0 Å². The van der Waals surface area contributed by atoms with Crippen LogP contribution in [0.1, 0.15) is 31.4 Å². The van der Waals surface area contributed by atoms with Gasteiger partial charge in [-0.25, -0.2) is 8.78 Å². The summed E-state index contributed by atoms with van der Waals surface area (Å²) in [4.78, 5) is 11.8. The average molecular weight is 285 g/mol. The van der Waals surface area contributed by atoms with Gasteiger partial charge in [0.15, 0.2) is 11.6 Å². The second kappa shape index (κ2) is 6.28. The zero-order valence-corrected chi connectivity index (χ0v) is 11.1. The second-order valence-electron chi connectivity index (χ2n) is 4.92. The Morgan fingerprint density at radius 3 is 2.80 bits per heavy atom. The van der Waals surface area contributed by atoms with Crippen molar-refractivity contribution < 1.29 is 23.4 Å². The number of aliphatic hydroxyl groups excluding tert-OH is 1. The quantitative estimate of drug-likeness (QED) is 0.885. The first-order valence-corrected chi connectivity index (χ1v) is 6.54. The van der Waals surface area contributed by atoms with E-state index in [0.717, 1.165) is 18.6 Å². The molecule has 1 saturated heterocycles. The highest BCUT2D eigenvalue weighted by atomic mass is 19.2. The highest BCUT2D eigenvalue weighted by Crippen LogP contribution is 2.20. The van der Waals surface area contributed by atoms with Gasteiger partial charge in [0.1, 0.15) is 6.10 Å². The van der Waals surface area contributed by atoms with E-state index in [2.05, 4.69) is 5.32 Å². The summed E-state index contributed by atoms with van der Waals surface area (Å²) in [5.41, 5.74) is 0.212. The zero-order chi connectivity index (χ0) is 14.7. The number of hydrogen-bond donors (Lipinski definition) is 2. The number of ether oxygens (including phenoxy) is 1. The molecule has 0 aliphatic carbocycles. The summed E-state index contributed by atoms with van der Waals surface area (Å²) in [6.45, 7) is 2.15. The van der Waals surface area contributed by atoms with Gasteiger partial charge in [0.2, 0.25) is 5.91 Å². The molecule has 3 unspecified atom stereocenters. The molecule has 1 aliphatic heterocycles. The van der Waals surface area contributed by atoms with Gasteiger partial charge in [-0.05, 0) is 37.5 Å². The van der Waals surface area contributed by atoms with Crippen LogP contribution in [0.5, 0.6) is 0 Å². The number of halogens is 2. The van der Waals surface area contributed by atoms with Crippen LogP contribution in [-0.2, 0) is 9.53 Å². The minimum Gasteiger partial charge on any atom is -0.386 e. The van der Waals surface area contributed by atoms with Gasteiger partial charge in [-0.15, -0.1) is 0 Å². The zero-order valence-electron chi connectivity index (χ0n) is 11.1. The summed E-state index contributed by atoms with van der Waals surface area (Å²) in [6.07, 6.45) is -0.122. The number of carbonyl (C=O) groups is 1. The van der Waals surface area contributed by atoms with E-state index in [4.69, 9.17) is 4.74 Å². The predicted molar refractivity (Wildman–Crippen MR) is 67.9 cm³/mol. The fourth-order valence-electron chi connectivity index (χ4n) is 2.17. The van der Waals surface area contributed by atoms with Gasteiger partial charge in [0.05, 0.1) is 12.1 Å². The minimum absolute atomic E-state index is 0.212. The van der Waals surface area contributed by atoms with Crippen LogP contribution in [0.25, 0.3) is 0 Å². The molecule has 0 saturated carbocycles. The van der Waals surface area contributed by atoms with Gasteiger partial charge in [-0.2, -0.15) is 0 Å². The molecule has 0 aromatic heterocycles. The molecule has 2 rings (SSSR count). The van der Waals surface area contributed by atoms with E-state index in [-0.39, 0.29) is 11.5 Å². The van der Waals surface area contributed by atoms with Crippen molar-refractivity contribution in [3.63, 3.8) is 0 Å². The fraction of sp³-hybridized carbons (Fsp3) is 0.500. The van der Waals surface area contributed by atoms with E-state index < -0.39 is 29.9 Å². The molecule has 1 amide bonds. The van der Waals surface area contributed by atoms with E-state index in [0.29, 0.717) is 13.0 Å². The van der Waals surface area contributed by atoms with Gasteiger partial charge in [0.25, 0.3) is 0 Å². The van der Waals surface area contributed by atoms with Gasteiger partial charge in [0, 0.05) is 6.61 Å². The molecule has 3 atom stereocenters. The first-order chi connectivity index (χ1) is 9.49. The molecule has 1 heterocycles. The Balaban J connectivity index is 1.98. The van der Waals surface area contributed by atoms with Crippen molar-refractivity contribution in [2.24, 2.45) is 0 Å². The third-order valence-corrected chi connectivity index (χ3v) is 3.35. The van der Waals surface area contributed by atoms with Gasteiger partial charge < -0.3 is 15.2 Å². The molecule has 6 heteroatoms. The van der Waals surface area contributed by atoms with Crippen molar-refractivity contribution in [1.82, 2.24) is 5.32 Å². The van der Waals surface area contributed by atoms with E-state index in [1.165, 1.54) is 6.07 Å². The molecule has 0 radical (unpaired) electrons. The maximum absolute atomic E-state index is 13.1. The average Bonchev–Trinajstić information content (AvgIpc) is 2.95. The third-order valence-electron chi connectivity index (χ3n) is 3.35. The molecule has 4 nitrogen and oxygen atoms in total. The fourth-order valence-corrected chi connectivity index (χ4v) is 2.17. The molecule has 1 aliphatic rings. The number of nitrogens with one attached hydrogen (secondary N) is 1. The molecule has 20 heavy (non-hydrogen) atoms. The summed E-state index contributed by atoms with van der Waals surface area (Å²) < 4.78 is 31.2. The predicted octanol–water partition coefficient (Wildman–Crippen LogP) is 1.68. The van der Waals surface area contributed by atoms with Crippen LogP contribution in [0.3, 0.4) is 0 Å². The van der Waals surface area contributed by atoms with E-state index in [1.54, 1.807) is 6.92 Å². The molecule has 0 bridgehead atoms. The van der Waals surface area contributed by atoms with Crippen LogP contribution in [0.2, 0.25) is 0 Å². The Morgan fingerprint density at radius 2 is 2.20 bits per heavy atom. The second-order valence-corrected chi connectivity index (χ2v) is 4.92. The third kappa shape index (κ3) is 3.32. The summed E-state index contributed by atoms with van der Waals surface area (Å²) in [6, 6.07) is 2.53. The molecule has 1 aromatic carbocycles. The van der Waals surface area contributed by atoms with Crippen LogP contribution >= 0.6 is 0 Å². The molecular formula is C14H17F2NO3. The lowest BCUT2D eigenvalue weighted by molar-refractivity contribution is -0.131. The maximum Gasteiger partial charge on any atom is 0.249 e.